The van der Waals surface area contributed by atoms with E-state index in [1.165, 1.54) is 29.2 Å². The molecule has 2 aromatic carbocycles. The molecule has 4 heteroatoms. The van der Waals surface area contributed by atoms with E-state index in [1.54, 1.807) is 0 Å². The van der Waals surface area contributed by atoms with E-state index >= 15 is 0 Å². The fourth-order valence-corrected chi connectivity index (χ4v) is 5.24. The van der Waals surface area contributed by atoms with Crippen LogP contribution in [0.15, 0.2) is 36.4 Å². The lowest BCUT2D eigenvalue weighted by Crippen LogP contribution is -2.38. The van der Waals surface area contributed by atoms with Gasteiger partial charge in [-0.15, -0.1) is 0 Å². The molecule has 1 saturated heterocycles. The lowest BCUT2D eigenvalue weighted by Gasteiger charge is -2.32. The summed E-state index contributed by atoms with van der Waals surface area (Å²) in [6.45, 7) is 10.1. The van der Waals surface area contributed by atoms with Gasteiger partial charge in [0.1, 0.15) is 5.75 Å². The Labute approximate surface area is 193 Å². The van der Waals surface area contributed by atoms with Crippen molar-refractivity contribution >= 4 is 16.7 Å². The lowest BCUT2D eigenvalue weighted by atomic mass is 9.80. The molecule has 4 nitrogen and oxygen atoms in total. The predicted octanol–water partition coefficient (Wildman–Crippen LogP) is 5.86. The van der Waals surface area contributed by atoms with Crippen molar-refractivity contribution in [1.29, 1.82) is 0 Å². The minimum Gasteiger partial charge on any atom is -0.490 e. The fourth-order valence-electron chi connectivity index (χ4n) is 5.24. The third-order valence-corrected chi connectivity index (χ3v) is 7.65. The summed E-state index contributed by atoms with van der Waals surface area (Å²) < 4.78 is 11.5. The maximum absolute atomic E-state index is 11.9. The minimum atomic E-state index is -0.0161. The molecule has 0 bridgehead atoms. The van der Waals surface area contributed by atoms with Gasteiger partial charge < -0.3 is 14.4 Å². The van der Waals surface area contributed by atoms with Gasteiger partial charge in [0, 0.05) is 6.54 Å². The van der Waals surface area contributed by atoms with E-state index in [4.69, 9.17) is 9.47 Å². The summed E-state index contributed by atoms with van der Waals surface area (Å²) in [5.41, 5.74) is 1.37. The van der Waals surface area contributed by atoms with Crippen molar-refractivity contribution in [2.75, 3.05) is 26.2 Å². The number of piperidine rings is 1. The first kappa shape index (κ1) is 23.1. The predicted molar refractivity (Wildman–Crippen MR) is 130 cm³/mol. The molecule has 1 aliphatic carbocycles. The molecule has 0 N–H and O–H groups in total. The number of hydrogen-bond donors (Lipinski definition) is 0. The van der Waals surface area contributed by atoms with Gasteiger partial charge in [0.25, 0.3) is 0 Å². The first-order valence-corrected chi connectivity index (χ1v) is 12.6. The van der Waals surface area contributed by atoms with E-state index in [-0.39, 0.29) is 11.9 Å². The highest BCUT2D eigenvalue weighted by atomic mass is 16.5. The molecule has 1 heterocycles. The minimum absolute atomic E-state index is 0.0161. The van der Waals surface area contributed by atoms with Crippen LogP contribution in [0, 0.1) is 17.8 Å². The molecule has 3 atom stereocenters. The number of nitrogens with zero attached hydrogens (tertiary/aromatic N) is 1. The zero-order chi connectivity index (χ0) is 22.5. The average molecular weight is 438 g/mol. The van der Waals surface area contributed by atoms with E-state index < -0.39 is 0 Å². The smallest absolute Gasteiger partial charge is 0.309 e. The summed E-state index contributed by atoms with van der Waals surface area (Å²) in [6, 6.07) is 13.3. The van der Waals surface area contributed by atoms with Crippen LogP contribution in [0.4, 0.5) is 0 Å². The molecule has 2 fully saturated rings. The van der Waals surface area contributed by atoms with Gasteiger partial charge in [-0.3, -0.25) is 4.79 Å². The van der Waals surface area contributed by atoms with E-state index in [9.17, 15) is 4.79 Å². The number of likely N-dealkylation sites (tertiary alicyclic amines) is 1. The van der Waals surface area contributed by atoms with Crippen molar-refractivity contribution in [2.24, 2.45) is 17.8 Å². The second kappa shape index (κ2) is 10.7. The summed E-state index contributed by atoms with van der Waals surface area (Å²) in [6.07, 6.45) is 6.82. The van der Waals surface area contributed by atoms with Crippen LogP contribution < -0.4 is 4.74 Å². The third-order valence-electron chi connectivity index (χ3n) is 7.65. The van der Waals surface area contributed by atoms with Crippen LogP contribution in [0.25, 0.3) is 10.8 Å². The van der Waals surface area contributed by atoms with E-state index in [0.29, 0.717) is 12.7 Å². The van der Waals surface area contributed by atoms with Gasteiger partial charge in [-0.1, -0.05) is 38.1 Å². The van der Waals surface area contributed by atoms with Crippen molar-refractivity contribution in [3.63, 3.8) is 0 Å². The number of benzene rings is 2. The topological polar surface area (TPSA) is 38.8 Å². The summed E-state index contributed by atoms with van der Waals surface area (Å²) in [4.78, 5) is 14.4. The maximum Gasteiger partial charge on any atom is 0.309 e. The molecule has 1 aliphatic heterocycles. The number of carbonyl (C=O) groups excluding carboxylic acids is 1. The number of hydrogen-bond acceptors (Lipinski definition) is 4. The Morgan fingerprint density at radius 2 is 1.72 bits per heavy atom. The van der Waals surface area contributed by atoms with Crippen molar-refractivity contribution in [3.8, 4) is 5.75 Å². The highest BCUT2D eigenvalue weighted by molar-refractivity contribution is 5.84. The normalized spacial score (nSPS) is 25.0. The van der Waals surface area contributed by atoms with Crippen LogP contribution in [0.2, 0.25) is 0 Å². The number of ether oxygens (including phenoxy) is 2. The summed E-state index contributed by atoms with van der Waals surface area (Å²) >= 11 is 0. The van der Waals surface area contributed by atoms with Crippen LogP contribution in [-0.2, 0) is 16.0 Å². The molecule has 2 aromatic rings. The number of carbonyl (C=O) groups is 1. The Morgan fingerprint density at radius 3 is 2.47 bits per heavy atom. The molecular weight excluding hydrogens is 398 g/mol. The van der Waals surface area contributed by atoms with Gasteiger partial charge in [-0.2, -0.15) is 0 Å². The third kappa shape index (κ3) is 5.83. The Bertz CT molecular complexity index is 903. The summed E-state index contributed by atoms with van der Waals surface area (Å²) in [5.74, 6) is 2.63. The van der Waals surface area contributed by atoms with Gasteiger partial charge >= 0.3 is 5.97 Å². The molecule has 0 amide bonds. The van der Waals surface area contributed by atoms with Gasteiger partial charge in [0.05, 0.1) is 18.6 Å². The first-order valence-electron chi connectivity index (χ1n) is 12.6. The molecule has 32 heavy (non-hydrogen) atoms. The Morgan fingerprint density at radius 1 is 0.969 bits per heavy atom. The highest BCUT2D eigenvalue weighted by Gasteiger charge is 2.26. The Hall–Kier alpha value is -2.07. The van der Waals surface area contributed by atoms with Crippen LogP contribution in [0.5, 0.6) is 5.75 Å². The average Bonchev–Trinajstić information content (AvgIpc) is 2.80. The van der Waals surface area contributed by atoms with Gasteiger partial charge in [-0.05, 0) is 98.8 Å². The number of esters is 1. The standard InChI is InChI=1S/C28H39NO3/c1-4-31-28(30)23-12-15-29(16-13-23)14-11-22-6-7-25-19-27(10-8-24(25)18-22)32-26-9-5-20(2)21(3)17-26/h6-8,10,18-21,23,26H,4-5,9,11-17H2,1-3H3. The highest BCUT2D eigenvalue weighted by Crippen LogP contribution is 2.32. The molecule has 0 spiro atoms. The molecule has 2 aliphatic rings. The second-order valence-corrected chi connectivity index (χ2v) is 9.97. The Balaban J connectivity index is 1.29. The maximum atomic E-state index is 11.9. The van der Waals surface area contributed by atoms with Gasteiger partial charge in [-0.25, -0.2) is 0 Å². The molecular formula is C28H39NO3. The van der Waals surface area contributed by atoms with Crippen LogP contribution >= 0.6 is 0 Å². The SMILES string of the molecule is CCOC(=O)C1CCN(CCc2ccc3cc(OC4CCC(C)C(C)C4)ccc3c2)CC1. The van der Waals surface area contributed by atoms with Crippen LogP contribution in [0.1, 0.15) is 58.4 Å². The summed E-state index contributed by atoms with van der Waals surface area (Å²) in [5, 5.41) is 2.53. The number of fused-ring (bicyclic) bond motifs is 1. The van der Waals surface area contributed by atoms with Crippen molar-refractivity contribution in [2.45, 2.75) is 65.4 Å². The molecule has 0 aromatic heterocycles. The zero-order valence-electron chi connectivity index (χ0n) is 20.0. The first-order chi connectivity index (χ1) is 15.5. The summed E-state index contributed by atoms with van der Waals surface area (Å²) in [7, 11) is 0. The zero-order valence-corrected chi connectivity index (χ0v) is 20.0. The van der Waals surface area contributed by atoms with E-state index in [2.05, 4.69) is 55.1 Å². The lowest BCUT2D eigenvalue weighted by molar-refractivity contribution is -0.149. The van der Waals surface area contributed by atoms with Crippen LogP contribution in [-0.4, -0.2) is 43.2 Å². The number of rotatable bonds is 7. The van der Waals surface area contributed by atoms with Crippen molar-refractivity contribution < 1.29 is 14.3 Å². The molecule has 174 valence electrons. The van der Waals surface area contributed by atoms with Gasteiger partial charge in [0.2, 0.25) is 0 Å². The monoisotopic (exact) mass is 437 g/mol. The molecule has 0 radical (unpaired) electrons. The van der Waals surface area contributed by atoms with Crippen molar-refractivity contribution in [1.82, 2.24) is 4.90 Å². The second-order valence-electron chi connectivity index (χ2n) is 9.97. The largest absolute Gasteiger partial charge is 0.490 e. The Kier molecular flexibility index (Phi) is 7.72. The quantitative estimate of drug-likeness (QED) is 0.509. The molecule has 3 unspecified atom stereocenters. The van der Waals surface area contributed by atoms with Crippen LogP contribution in [0.3, 0.4) is 0 Å². The van der Waals surface area contributed by atoms with Crippen molar-refractivity contribution in [3.05, 3.63) is 42.0 Å². The van der Waals surface area contributed by atoms with E-state index in [0.717, 1.165) is 62.9 Å². The molecule has 4 rings (SSSR count). The van der Waals surface area contributed by atoms with E-state index in [1.807, 2.05) is 6.92 Å². The van der Waals surface area contributed by atoms with Gasteiger partial charge in [0.15, 0.2) is 0 Å². The molecule has 1 saturated carbocycles. The fraction of sp³-hybridized carbons (Fsp3) is 0.607.